The van der Waals surface area contributed by atoms with Gasteiger partial charge >= 0.3 is 5.97 Å². The molecule has 0 aromatic rings. The van der Waals surface area contributed by atoms with Crippen molar-refractivity contribution in [1.82, 2.24) is 16.0 Å². The molecular formula is C19H36N8O7. The smallest absolute Gasteiger partial charge is 0.328 e. The molecule has 34 heavy (non-hydrogen) atoms. The van der Waals surface area contributed by atoms with Gasteiger partial charge in [0, 0.05) is 6.54 Å². The molecule has 0 heterocycles. The summed E-state index contributed by atoms with van der Waals surface area (Å²) in [6, 6.07) is -5.32. The lowest BCUT2D eigenvalue weighted by molar-refractivity contribution is -0.145. The normalized spacial score (nSPS) is 15.2. The van der Waals surface area contributed by atoms with E-state index in [9.17, 15) is 29.1 Å². The highest BCUT2D eigenvalue weighted by molar-refractivity contribution is 5.96. The van der Waals surface area contributed by atoms with Gasteiger partial charge in [-0.25, -0.2) is 4.79 Å². The second kappa shape index (κ2) is 14.6. The number of nitrogens with one attached hydrogen (secondary N) is 3. The average Bonchev–Trinajstić information content (AvgIpc) is 2.70. The minimum Gasteiger partial charge on any atom is -0.480 e. The van der Waals surface area contributed by atoms with Crippen LogP contribution in [0, 0.1) is 5.92 Å². The van der Waals surface area contributed by atoms with Gasteiger partial charge in [-0.1, -0.05) is 13.8 Å². The van der Waals surface area contributed by atoms with E-state index in [2.05, 4.69) is 20.9 Å². The first-order chi connectivity index (χ1) is 15.7. The fourth-order valence-electron chi connectivity index (χ4n) is 2.76. The minimum absolute atomic E-state index is 0.108. The van der Waals surface area contributed by atoms with Gasteiger partial charge in [-0.15, -0.1) is 0 Å². The van der Waals surface area contributed by atoms with E-state index < -0.39 is 72.2 Å². The van der Waals surface area contributed by atoms with Crippen molar-refractivity contribution < 1.29 is 34.2 Å². The van der Waals surface area contributed by atoms with Crippen LogP contribution in [0.2, 0.25) is 0 Å². The first kappa shape index (κ1) is 30.5. The maximum Gasteiger partial charge on any atom is 0.328 e. The van der Waals surface area contributed by atoms with E-state index >= 15 is 0 Å². The number of nitrogens with two attached hydrogens (primary N) is 4. The Labute approximate surface area is 197 Å². The number of aliphatic hydroxyl groups is 1. The van der Waals surface area contributed by atoms with E-state index in [4.69, 9.17) is 28.0 Å². The quantitative estimate of drug-likeness (QED) is 0.0608. The molecule has 13 N–H and O–H groups in total. The van der Waals surface area contributed by atoms with Crippen molar-refractivity contribution in [3.8, 4) is 0 Å². The van der Waals surface area contributed by atoms with E-state index in [0.29, 0.717) is 6.42 Å². The van der Waals surface area contributed by atoms with Crippen LogP contribution in [0.25, 0.3) is 0 Å². The Kier molecular flexibility index (Phi) is 13.2. The number of rotatable bonds is 15. The number of aliphatic hydroxyl groups excluding tert-OH is 1. The molecule has 0 aliphatic rings. The number of aliphatic carboxylic acids is 1. The fourth-order valence-corrected chi connectivity index (χ4v) is 2.76. The van der Waals surface area contributed by atoms with Gasteiger partial charge in [-0.3, -0.25) is 24.2 Å². The zero-order valence-electron chi connectivity index (χ0n) is 19.5. The van der Waals surface area contributed by atoms with Crippen molar-refractivity contribution >= 4 is 35.6 Å². The van der Waals surface area contributed by atoms with Crippen molar-refractivity contribution in [1.29, 1.82) is 0 Å². The highest BCUT2D eigenvalue weighted by Gasteiger charge is 2.33. The number of carbonyl (C=O) groups excluding carboxylic acids is 4. The van der Waals surface area contributed by atoms with Gasteiger partial charge in [0.2, 0.25) is 23.6 Å². The van der Waals surface area contributed by atoms with Crippen LogP contribution in [0.4, 0.5) is 0 Å². The summed E-state index contributed by atoms with van der Waals surface area (Å²) in [7, 11) is 0. The molecule has 0 saturated carbocycles. The summed E-state index contributed by atoms with van der Waals surface area (Å²) in [4.78, 5) is 64.2. The molecule has 5 unspecified atom stereocenters. The summed E-state index contributed by atoms with van der Waals surface area (Å²) in [5, 5.41) is 25.6. The van der Waals surface area contributed by atoms with Crippen LogP contribution >= 0.6 is 0 Å². The molecule has 0 saturated heterocycles. The van der Waals surface area contributed by atoms with Crippen LogP contribution in [0.5, 0.6) is 0 Å². The van der Waals surface area contributed by atoms with Gasteiger partial charge < -0.3 is 49.1 Å². The molecule has 0 rings (SSSR count). The molecule has 0 fully saturated rings. The molecule has 0 aromatic carbocycles. The maximum atomic E-state index is 12.8. The van der Waals surface area contributed by atoms with Crippen LogP contribution in [-0.2, 0) is 24.0 Å². The molecular weight excluding hydrogens is 452 g/mol. The lowest BCUT2D eigenvalue weighted by Gasteiger charge is -2.27. The number of hydrogen-bond acceptors (Lipinski definition) is 8. The van der Waals surface area contributed by atoms with Gasteiger partial charge in [0.1, 0.15) is 12.1 Å². The zero-order valence-corrected chi connectivity index (χ0v) is 19.5. The van der Waals surface area contributed by atoms with Crippen LogP contribution in [0.1, 0.15) is 40.0 Å². The maximum absolute atomic E-state index is 12.8. The fraction of sp³-hybridized carbons (Fsp3) is 0.684. The zero-order chi connectivity index (χ0) is 26.6. The molecule has 194 valence electrons. The average molecular weight is 489 g/mol. The number of carboxylic acid groups (broad SMARTS) is 1. The number of guanidine groups is 1. The summed E-state index contributed by atoms with van der Waals surface area (Å²) in [5.41, 5.74) is 21.4. The molecule has 0 aliphatic heterocycles. The standard InChI is InChI=1S/C19H36N8O7/c1-8(2)13(17(32)27-14(9(3)28)18(33)34)26-16(31)11(7-12(21)29)25-15(30)10(20)5-4-6-24-19(22)23/h8-11,13-14,28H,4-7,20H2,1-3H3,(H2,21,29)(H,25,30)(H,26,31)(H,27,32)(H,33,34)(H4,22,23,24). The minimum atomic E-state index is -1.61. The number of aliphatic imine (C=N–C) groups is 1. The highest BCUT2D eigenvalue weighted by atomic mass is 16.4. The predicted octanol–water partition coefficient (Wildman–Crippen LogP) is -4.18. The topological polar surface area (TPSA) is 278 Å². The van der Waals surface area contributed by atoms with Crippen molar-refractivity contribution in [2.75, 3.05) is 6.54 Å². The molecule has 0 spiro atoms. The van der Waals surface area contributed by atoms with Gasteiger partial charge in [0.25, 0.3) is 0 Å². The predicted molar refractivity (Wildman–Crippen MR) is 122 cm³/mol. The molecule has 15 heteroatoms. The van der Waals surface area contributed by atoms with Crippen molar-refractivity contribution in [2.45, 2.75) is 70.3 Å². The molecule has 0 aromatic heterocycles. The lowest BCUT2D eigenvalue weighted by Crippen LogP contribution is -2.60. The van der Waals surface area contributed by atoms with Crippen LogP contribution in [0.15, 0.2) is 4.99 Å². The molecule has 4 amide bonds. The Bertz CT molecular complexity index is 768. The number of nitrogens with zero attached hydrogens (tertiary/aromatic N) is 1. The van der Waals surface area contributed by atoms with Gasteiger partial charge in [0.05, 0.1) is 18.6 Å². The second-order valence-electron chi connectivity index (χ2n) is 8.08. The monoisotopic (exact) mass is 488 g/mol. The first-order valence-electron chi connectivity index (χ1n) is 10.6. The third kappa shape index (κ3) is 11.4. The molecule has 0 radical (unpaired) electrons. The Hall–Kier alpha value is -3.46. The second-order valence-corrected chi connectivity index (χ2v) is 8.08. The number of amides is 4. The summed E-state index contributed by atoms with van der Waals surface area (Å²) >= 11 is 0. The van der Waals surface area contributed by atoms with E-state index in [1.165, 1.54) is 6.92 Å². The molecule has 15 nitrogen and oxygen atoms in total. The number of carbonyl (C=O) groups is 5. The van der Waals surface area contributed by atoms with E-state index in [1.807, 2.05) is 0 Å². The molecule has 5 atom stereocenters. The summed E-state index contributed by atoms with van der Waals surface area (Å²) in [6.45, 7) is 4.58. The SMILES string of the molecule is CC(C)C(NC(=O)C(CC(N)=O)NC(=O)C(N)CCCN=C(N)N)C(=O)NC(C(=O)O)C(C)O. The van der Waals surface area contributed by atoms with Gasteiger partial charge in [0.15, 0.2) is 12.0 Å². The van der Waals surface area contributed by atoms with E-state index in [-0.39, 0.29) is 18.9 Å². The Morgan fingerprint density at radius 2 is 1.44 bits per heavy atom. The third-order valence-electron chi connectivity index (χ3n) is 4.64. The summed E-state index contributed by atoms with van der Waals surface area (Å²) in [5.74, 6) is -5.51. The first-order valence-corrected chi connectivity index (χ1v) is 10.6. The van der Waals surface area contributed by atoms with Crippen LogP contribution in [0.3, 0.4) is 0 Å². The molecule has 0 aliphatic carbocycles. The van der Waals surface area contributed by atoms with Gasteiger partial charge in [-0.05, 0) is 25.7 Å². The molecule has 0 bridgehead atoms. The number of hydrogen-bond donors (Lipinski definition) is 9. The van der Waals surface area contributed by atoms with E-state index in [1.54, 1.807) is 13.8 Å². The van der Waals surface area contributed by atoms with E-state index in [0.717, 1.165) is 0 Å². The van der Waals surface area contributed by atoms with Crippen molar-refractivity contribution in [2.24, 2.45) is 33.8 Å². The Morgan fingerprint density at radius 3 is 1.88 bits per heavy atom. The largest absolute Gasteiger partial charge is 0.480 e. The highest BCUT2D eigenvalue weighted by Crippen LogP contribution is 2.06. The van der Waals surface area contributed by atoms with Crippen LogP contribution in [-0.4, -0.2) is 82.6 Å². The summed E-state index contributed by atoms with van der Waals surface area (Å²) in [6.07, 6.45) is -1.42. The lowest BCUT2D eigenvalue weighted by atomic mass is 10.0. The summed E-state index contributed by atoms with van der Waals surface area (Å²) < 4.78 is 0. The van der Waals surface area contributed by atoms with Crippen molar-refractivity contribution in [3.63, 3.8) is 0 Å². The Balaban J connectivity index is 5.33. The number of primary amides is 1. The van der Waals surface area contributed by atoms with Crippen molar-refractivity contribution in [3.05, 3.63) is 0 Å². The van der Waals surface area contributed by atoms with Gasteiger partial charge in [-0.2, -0.15) is 0 Å². The van der Waals surface area contributed by atoms with Crippen LogP contribution < -0.4 is 38.9 Å². The third-order valence-corrected chi connectivity index (χ3v) is 4.64. The number of carboxylic acids is 1. The Morgan fingerprint density at radius 1 is 0.882 bits per heavy atom.